The van der Waals surface area contributed by atoms with Gasteiger partial charge in [-0.15, -0.1) is 0 Å². The van der Waals surface area contributed by atoms with Crippen LogP contribution in [0.1, 0.15) is 0 Å². The minimum absolute atomic E-state index is 0. The fraction of sp³-hybridized carbons (Fsp3) is 0. The molecule has 0 N–H and O–H groups in total. The van der Waals surface area contributed by atoms with Crippen LogP contribution in [0.3, 0.4) is 0 Å². The molecule has 0 atom stereocenters. The van der Waals surface area contributed by atoms with Crippen LogP contribution in [0.4, 0.5) is 0 Å². The van der Waals surface area contributed by atoms with Crippen molar-refractivity contribution in [2.24, 2.45) is 0 Å². The molecule has 2 radical (unpaired) electrons. The Hall–Kier alpha value is 2.73. The summed E-state index contributed by atoms with van der Waals surface area (Å²) in [6, 6.07) is 0. The van der Waals surface area contributed by atoms with Crippen molar-refractivity contribution in [3.63, 3.8) is 0 Å². The van der Waals surface area contributed by atoms with E-state index in [4.69, 9.17) is 19.2 Å². The van der Waals surface area contributed by atoms with E-state index >= 15 is 0 Å². The number of hydrogen-bond acceptors (Lipinski definition) is 4. The summed E-state index contributed by atoms with van der Waals surface area (Å²) < 4.78 is 8.55. The van der Waals surface area contributed by atoms with Gasteiger partial charge in [-0.3, -0.25) is 0 Å². The summed E-state index contributed by atoms with van der Waals surface area (Å²) in [4.78, 5) is 25.6. The summed E-state index contributed by atoms with van der Waals surface area (Å²) in [6.45, 7) is 0. The van der Waals surface area contributed by atoms with Gasteiger partial charge in [0, 0.05) is 22.4 Å². The van der Waals surface area contributed by atoms with Crippen molar-refractivity contribution in [2.75, 3.05) is 0 Å². The molecular weight excluding hydrogens is 317 g/mol. The van der Waals surface area contributed by atoms with Gasteiger partial charge in [0.25, 0.3) is 0 Å². The molecule has 0 aromatic heterocycles. The third-order valence-corrected chi connectivity index (χ3v) is 0. The molecule has 0 saturated heterocycles. The van der Waals surface area contributed by atoms with Gasteiger partial charge >= 0.3 is 55.8 Å². The van der Waals surface area contributed by atoms with Gasteiger partial charge in [-0.05, 0) is 0 Å². The predicted molar refractivity (Wildman–Crippen MR) is 14.8 cm³/mol. The molecule has 0 amide bonds. The van der Waals surface area contributed by atoms with Crippen LogP contribution in [-0.4, -0.2) is 29.6 Å². The van der Waals surface area contributed by atoms with Gasteiger partial charge in [-0.2, -0.15) is 7.82 Å². The molecule has 8 heavy (non-hydrogen) atoms. The minimum atomic E-state index is -5.39. The van der Waals surface area contributed by atoms with Gasteiger partial charge in [0.15, 0.2) is 0 Å². The van der Waals surface area contributed by atoms with Crippen LogP contribution in [-0.2, 0) is 53.1 Å². The molecule has 0 bridgehead atoms. The van der Waals surface area contributed by atoms with Gasteiger partial charge < -0.3 is 19.2 Å². The molecule has 8 heteroatoms. The Labute approximate surface area is 104 Å². The largest absolute Gasteiger partial charge is 3.00 e. The van der Waals surface area contributed by atoms with Crippen molar-refractivity contribution in [1.29, 1.82) is 0 Å². The average Bonchev–Trinajstić information content (AvgIpc) is 0.722. The monoisotopic (exact) mass is 316 g/mol. The molecule has 0 aromatic rings. The zero-order valence-corrected chi connectivity index (χ0v) is 7.72. The normalized spacial score (nSPS) is 7.38. The van der Waals surface area contributed by atoms with Gasteiger partial charge in [-0.25, -0.2) is 0 Å². The Morgan fingerprint density at radius 2 is 1.12 bits per heavy atom. The molecule has 0 fully saturated rings. The van der Waals surface area contributed by atoms with E-state index in [-0.39, 0.29) is 78.1 Å². The van der Waals surface area contributed by atoms with E-state index in [9.17, 15) is 0 Å². The second kappa shape index (κ2) is 9.73. The topological polar surface area (TPSA) is 86.2 Å². The molecule has 0 aliphatic heterocycles. The van der Waals surface area contributed by atoms with Crippen LogP contribution in [0.15, 0.2) is 0 Å². The first-order valence-electron chi connectivity index (χ1n) is 0.730. The van der Waals surface area contributed by atoms with Crippen molar-refractivity contribution in [3.8, 4) is 0 Å². The van der Waals surface area contributed by atoms with Gasteiger partial charge in [0.2, 0.25) is 0 Å². The Balaban J connectivity index is -0.0000000267. The van der Waals surface area contributed by atoms with Gasteiger partial charge in [0.05, 0.1) is 0 Å². The molecule has 0 aromatic carbocycles. The first-order valence-corrected chi connectivity index (χ1v) is 2.19. The maximum Gasteiger partial charge on any atom is 3.00 e. The standard InChI is InChI=1S/Ag.Na.H3O4P.Zr.H/c;;1-5(2,3)4;;/h;;(H3,1,2,3,4);;/q;;;+3;/p-3. The Kier molecular flexibility index (Phi) is 27.3. The summed E-state index contributed by atoms with van der Waals surface area (Å²) in [7, 11) is -5.39. The van der Waals surface area contributed by atoms with E-state index in [1.807, 2.05) is 0 Å². The molecule has 0 unspecified atom stereocenters. The average molecular weight is 318 g/mol. The zero-order valence-electron chi connectivity index (χ0n) is 2.88. The van der Waals surface area contributed by atoms with Crippen LogP contribution in [0.25, 0.3) is 0 Å². The fourth-order valence-corrected chi connectivity index (χ4v) is 0. The van der Waals surface area contributed by atoms with E-state index in [2.05, 4.69) is 0 Å². The number of phosphoric acid groups is 1. The number of rotatable bonds is 0. The predicted octanol–water partition coefficient (Wildman–Crippen LogP) is -3.48. The maximum atomic E-state index is 8.55. The molecule has 0 rings (SSSR count). The van der Waals surface area contributed by atoms with E-state index < -0.39 is 7.82 Å². The Bertz CT molecular complexity index is 62.2. The fourth-order valence-electron chi connectivity index (χ4n) is 0. The minimum Gasteiger partial charge on any atom is 3.00 e. The van der Waals surface area contributed by atoms with E-state index in [0.29, 0.717) is 0 Å². The van der Waals surface area contributed by atoms with Crippen LogP contribution >= 0.6 is 7.82 Å². The van der Waals surface area contributed by atoms with E-state index in [0.717, 1.165) is 0 Å². The SMILES string of the molecule is O=P([O-])([O-])[O-].[Ag].[NaH].[Zr+3]. The first-order chi connectivity index (χ1) is 2.00. The number of hydrogen-bond donors (Lipinski definition) is 0. The van der Waals surface area contributed by atoms with E-state index in [1.54, 1.807) is 0 Å². The van der Waals surface area contributed by atoms with Gasteiger partial charge in [0.1, 0.15) is 0 Å². The van der Waals surface area contributed by atoms with Crippen LogP contribution in [0.2, 0.25) is 0 Å². The zero-order chi connectivity index (χ0) is 4.50. The maximum absolute atomic E-state index is 8.55. The third kappa shape index (κ3) is 69.9. The molecular formula is HAgNaO4PZr. The van der Waals surface area contributed by atoms with Gasteiger partial charge in [-0.1, -0.05) is 0 Å². The summed E-state index contributed by atoms with van der Waals surface area (Å²) in [6.07, 6.45) is 0. The molecule has 0 heterocycles. The third-order valence-electron chi connectivity index (χ3n) is 0. The summed E-state index contributed by atoms with van der Waals surface area (Å²) in [5.41, 5.74) is 0. The van der Waals surface area contributed by atoms with Crippen molar-refractivity contribution < 1.29 is 67.8 Å². The molecule has 0 spiro atoms. The van der Waals surface area contributed by atoms with Crippen molar-refractivity contribution in [3.05, 3.63) is 0 Å². The summed E-state index contributed by atoms with van der Waals surface area (Å²) >= 11 is 0. The van der Waals surface area contributed by atoms with Crippen LogP contribution in [0.5, 0.6) is 0 Å². The Morgan fingerprint density at radius 1 is 1.12 bits per heavy atom. The molecule has 0 aliphatic carbocycles. The van der Waals surface area contributed by atoms with Crippen LogP contribution < -0.4 is 14.7 Å². The van der Waals surface area contributed by atoms with E-state index in [1.165, 1.54) is 0 Å². The van der Waals surface area contributed by atoms with Crippen LogP contribution in [0, 0.1) is 0 Å². The summed E-state index contributed by atoms with van der Waals surface area (Å²) in [5, 5.41) is 0. The smallest absolute Gasteiger partial charge is 3.00 e. The molecule has 4 nitrogen and oxygen atoms in total. The second-order valence-electron chi connectivity index (χ2n) is 0.447. The van der Waals surface area contributed by atoms with Crippen molar-refractivity contribution >= 4 is 37.4 Å². The summed E-state index contributed by atoms with van der Waals surface area (Å²) in [5.74, 6) is 0. The molecule has 0 aliphatic rings. The quantitative estimate of drug-likeness (QED) is 0.343. The molecule has 46 valence electrons. The van der Waals surface area contributed by atoms with Crippen molar-refractivity contribution in [1.82, 2.24) is 0 Å². The molecule has 0 saturated carbocycles. The van der Waals surface area contributed by atoms with Crippen molar-refractivity contribution in [2.45, 2.75) is 0 Å². The second-order valence-corrected chi connectivity index (χ2v) is 1.34. The first kappa shape index (κ1) is 22.4. The Morgan fingerprint density at radius 3 is 1.12 bits per heavy atom.